The molecular weight excluding hydrogens is 355 g/mol. The fourth-order valence-electron chi connectivity index (χ4n) is 2.30. The second-order valence-corrected chi connectivity index (χ2v) is 7.67. The highest BCUT2D eigenvalue weighted by molar-refractivity contribution is 7.51. The van der Waals surface area contributed by atoms with Gasteiger partial charge < -0.3 is 29.3 Å². The molecule has 1 rings (SSSR count). The van der Waals surface area contributed by atoms with Crippen molar-refractivity contribution in [3.63, 3.8) is 0 Å². The Labute approximate surface area is 157 Å². The molecule has 0 aromatic heterocycles. The van der Waals surface area contributed by atoms with E-state index in [1.54, 1.807) is 33.1 Å². The van der Waals surface area contributed by atoms with Gasteiger partial charge in [-0.1, -0.05) is 12.5 Å². The molecular formula is C19H29O6P. The first-order valence-electron chi connectivity index (χ1n) is 8.48. The minimum Gasteiger partial charge on any atom is -0.501 e. The van der Waals surface area contributed by atoms with Crippen LogP contribution in [0.15, 0.2) is 36.3 Å². The number of aliphatic hydroxyl groups excluding tert-OH is 2. The smallest absolute Gasteiger partial charge is 0.228 e. The Morgan fingerprint density at radius 1 is 1.38 bits per heavy atom. The second kappa shape index (κ2) is 12.1. The first-order valence-corrected chi connectivity index (χ1v) is 10.1. The van der Waals surface area contributed by atoms with Crippen LogP contribution in [-0.4, -0.2) is 59.1 Å². The van der Waals surface area contributed by atoms with Crippen LogP contribution in [0.2, 0.25) is 0 Å². The van der Waals surface area contributed by atoms with E-state index in [1.807, 2.05) is 0 Å². The molecule has 1 heterocycles. The van der Waals surface area contributed by atoms with Gasteiger partial charge in [-0.3, -0.25) is 0 Å². The van der Waals surface area contributed by atoms with Crippen molar-refractivity contribution < 1.29 is 29.3 Å². The number of allylic oxidation sites excluding steroid dienone is 4. The standard InChI is InChI=1S/C19H29O6P/c1-5-7-11-26(22)12-10-16-13-17(20)18(21)19(25-16)24-15(6-2)9-8-14(3)23-4/h6,8-9,16-22H,2,10-13H2,1,3-4H3/b14-8+,15-9+. The summed E-state index contributed by atoms with van der Waals surface area (Å²) in [6.45, 7) is 7.20. The van der Waals surface area contributed by atoms with Crippen LogP contribution >= 0.6 is 8.15 Å². The van der Waals surface area contributed by atoms with Crippen LogP contribution in [-0.2, 0) is 14.2 Å². The molecule has 1 saturated heterocycles. The van der Waals surface area contributed by atoms with Gasteiger partial charge in [-0.25, -0.2) is 0 Å². The quantitative estimate of drug-likeness (QED) is 0.245. The lowest BCUT2D eigenvalue weighted by Crippen LogP contribution is -2.49. The summed E-state index contributed by atoms with van der Waals surface area (Å²) < 4.78 is 16.5. The maximum Gasteiger partial charge on any atom is 0.228 e. The molecule has 0 saturated carbocycles. The molecule has 6 nitrogen and oxygen atoms in total. The van der Waals surface area contributed by atoms with Crippen LogP contribution in [0.4, 0.5) is 0 Å². The molecule has 7 heteroatoms. The zero-order valence-electron chi connectivity index (χ0n) is 15.6. The number of hydrogen-bond donors (Lipinski definition) is 3. The third-order valence-electron chi connectivity index (χ3n) is 3.91. The lowest BCUT2D eigenvalue weighted by molar-refractivity contribution is -0.252. The van der Waals surface area contributed by atoms with E-state index < -0.39 is 26.6 Å². The fraction of sp³-hybridized carbons (Fsp3) is 0.579. The van der Waals surface area contributed by atoms with Crippen LogP contribution in [0.25, 0.3) is 0 Å². The van der Waals surface area contributed by atoms with Crippen molar-refractivity contribution in [3.05, 3.63) is 36.3 Å². The number of ether oxygens (including phenoxy) is 3. The number of aliphatic hydroxyl groups is 2. The van der Waals surface area contributed by atoms with Gasteiger partial charge in [0.05, 0.1) is 31.2 Å². The molecule has 1 fully saturated rings. The van der Waals surface area contributed by atoms with Crippen molar-refractivity contribution >= 4 is 8.15 Å². The molecule has 5 atom stereocenters. The molecule has 1 aliphatic heterocycles. The van der Waals surface area contributed by atoms with Gasteiger partial charge in [-0.05, 0) is 44.7 Å². The van der Waals surface area contributed by atoms with E-state index in [-0.39, 0.29) is 6.10 Å². The van der Waals surface area contributed by atoms with E-state index in [0.29, 0.717) is 36.7 Å². The molecule has 26 heavy (non-hydrogen) atoms. The summed E-state index contributed by atoms with van der Waals surface area (Å²) >= 11 is 0. The highest BCUT2D eigenvalue weighted by Gasteiger charge is 2.38. The first kappa shape index (κ1) is 22.7. The van der Waals surface area contributed by atoms with Crippen LogP contribution in [0.3, 0.4) is 0 Å². The van der Waals surface area contributed by atoms with Crippen molar-refractivity contribution in [2.24, 2.45) is 0 Å². The van der Waals surface area contributed by atoms with Crippen LogP contribution in [0, 0.1) is 11.8 Å². The van der Waals surface area contributed by atoms with Gasteiger partial charge in [0.1, 0.15) is 11.9 Å². The number of methoxy groups -OCH3 is 1. The Kier molecular flexibility index (Phi) is 10.6. The summed E-state index contributed by atoms with van der Waals surface area (Å²) in [5.74, 6) is 6.70. The lowest BCUT2D eigenvalue weighted by Gasteiger charge is -2.37. The van der Waals surface area contributed by atoms with E-state index in [2.05, 4.69) is 18.4 Å². The van der Waals surface area contributed by atoms with Gasteiger partial charge in [0.25, 0.3) is 0 Å². The molecule has 1 aliphatic rings. The molecule has 3 N–H and O–H groups in total. The first-order chi connectivity index (χ1) is 12.4. The van der Waals surface area contributed by atoms with E-state index >= 15 is 0 Å². The van der Waals surface area contributed by atoms with E-state index in [4.69, 9.17) is 14.2 Å². The second-order valence-electron chi connectivity index (χ2n) is 5.90. The largest absolute Gasteiger partial charge is 0.501 e. The van der Waals surface area contributed by atoms with Gasteiger partial charge in [0.2, 0.25) is 6.29 Å². The Morgan fingerprint density at radius 3 is 2.73 bits per heavy atom. The summed E-state index contributed by atoms with van der Waals surface area (Å²) in [5.41, 5.74) is 0. The Balaban J connectivity index is 2.68. The van der Waals surface area contributed by atoms with Crippen molar-refractivity contribution in [1.82, 2.24) is 0 Å². The van der Waals surface area contributed by atoms with Crippen LogP contribution < -0.4 is 0 Å². The fourth-order valence-corrected chi connectivity index (χ4v) is 3.38. The Bertz CT molecular complexity index is 562. The molecule has 0 radical (unpaired) electrons. The summed E-state index contributed by atoms with van der Waals surface area (Å²) in [5, 5.41) is 20.3. The van der Waals surface area contributed by atoms with E-state index in [1.165, 1.54) is 6.08 Å². The maximum atomic E-state index is 10.2. The average Bonchev–Trinajstić information content (AvgIpc) is 2.64. The predicted octanol–water partition coefficient (Wildman–Crippen LogP) is 2.26. The van der Waals surface area contributed by atoms with E-state index in [9.17, 15) is 15.1 Å². The maximum absolute atomic E-state index is 10.2. The minimum absolute atomic E-state index is 0.291. The van der Waals surface area contributed by atoms with Crippen molar-refractivity contribution in [2.45, 2.75) is 51.3 Å². The van der Waals surface area contributed by atoms with Gasteiger partial charge in [-0.2, -0.15) is 0 Å². The monoisotopic (exact) mass is 384 g/mol. The van der Waals surface area contributed by atoms with Crippen molar-refractivity contribution in [3.8, 4) is 11.8 Å². The zero-order valence-corrected chi connectivity index (χ0v) is 16.5. The highest BCUT2D eigenvalue weighted by Crippen LogP contribution is 2.33. The van der Waals surface area contributed by atoms with Crippen LogP contribution in [0.1, 0.15) is 26.7 Å². The van der Waals surface area contributed by atoms with Gasteiger partial charge in [-0.15, -0.1) is 5.92 Å². The SMILES string of the molecule is C=C/C(=C\C=C(/C)OC)OC1OC(CCP(O)CC#CC)CC(O)C1O. The highest BCUT2D eigenvalue weighted by atomic mass is 31.1. The molecule has 146 valence electrons. The molecule has 0 aliphatic carbocycles. The van der Waals surface area contributed by atoms with Crippen molar-refractivity contribution in [2.75, 3.05) is 19.4 Å². The third-order valence-corrected chi connectivity index (χ3v) is 5.21. The van der Waals surface area contributed by atoms with Gasteiger partial charge in [0, 0.05) is 14.6 Å². The average molecular weight is 384 g/mol. The summed E-state index contributed by atoms with van der Waals surface area (Å²) in [4.78, 5) is 9.95. The molecule has 0 aromatic carbocycles. The van der Waals surface area contributed by atoms with E-state index in [0.717, 1.165) is 0 Å². The molecule has 0 spiro atoms. The third kappa shape index (κ3) is 7.90. The summed E-state index contributed by atoms with van der Waals surface area (Å²) in [7, 11) is 0.387. The van der Waals surface area contributed by atoms with Crippen LogP contribution in [0.5, 0.6) is 0 Å². The molecule has 0 bridgehead atoms. The van der Waals surface area contributed by atoms with Gasteiger partial charge >= 0.3 is 0 Å². The minimum atomic E-state index is -1.17. The zero-order chi connectivity index (χ0) is 19.5. The molecule has 0 amide bonds. The summed E-state index contributed by atoms with van der Waals surface area (Å²) in [6.07, 6.45) is 3.28. The molecule has 0 aromatic rings. The number of rotatable bonds is 9. The molecule has 5 unspecified atom stereocenters. The predicted molar refractivity (Wildman–Crippen MR) is 102 cm³/mol. The van der Waals surface area contributed by atoms with Crippen molar-refractivity contribution in [1.29, 1.82) is 0 Å². The van der Waals surface area contributed by atoms with Gasteiger partial charge in [0.15, 0.2) is 0 Å². The topological polar surface area (TPSA) is 88.4 Å². The number of hydrogen-bond acceptors (Lipinski definition) is 6. The lowest BCUT2D eigenvalue weighted by atomic mass is 10.0. The Hall–Kier alpha value is -1.35. The Morgan fingerprint density at radius 2 is 2.12 bits per heavy atom. The normalized spacial score (nSPS) is 27.9. The summed E-state index contributed by atoms with van der Waals surface area (Å²) in [6, 6.07) is 0.